The molecule has 0 radical (unpaired) electrons. The summed E-state index contributed by atoms with van der Waals surface area (Å²) in [6, 6.07) is 8.14. The maximum atomic E-state index is 13.0. The van der Waals surface area contributed by atoms with E-state index in [4.69, 9.17) is 9.47 Å². The van der Waals surface area contributed by atoms with Gasteiger partial charge in [-0.3, -0.25) is 19.4 Å². The molecule has 0 saturated carbocycles. The van der Waals surface area contributed by atoms with Crippen LogP contribution in [0.2, 0.25) is 0 Å². The number of imide groups is 1. The first-order valence-electron chi connectivity index (χ1n) is 8.88. The van der Waals surface area contributed by atoms with Crippen LogP contribution in [0, 0.1) is 0 Å². The van der Waals surface area contributed by atoms with Crippen LogP contribution in [-0.2, 0) is 25.7 Å². The van der Waals surface area contributed by atoms with Gasteiger partial charge in [0.05, 0.1) is 5.70 Å². The van der Waals surface area contributed by atoms with E-state index >= 15 is 0 Å². The highest BCUT2D eigenvalue weighted by Gasteiger charge is 2.55. The number of amidine groups is 1. The second kappa shape index (κ2) is 6.66. The Balaban J connectivity index is 1.48. The number of ether oxygens (including phenoxy) is 2. The highest BCUT2D eigenvalue weighted by atomic mass is 16.5. The average Bonchev–Trinajstić information content (AvgIpc) is 3.19. The monoisotopic (exact) mass is 384 g/mol. The molecule has 0 aromatic heterocycles. The summed E-state index contributed by atoms with van der Waals surface area (Å²) in [7, 11) is 1.55. The first-order chi connectivity index (χ1) is 13.4. The largest absolute Gasteiger partial charge is 0.459 e. The van der Waals surface area contributed by atoms with Crippen LogP contribution in [0.15, 0.2) is 46.8 Å². The van der Waals surface area contributed by atoms with Gasteiger partial charge < -0.3 is 14.4 Å². The molecule has 3 heterocycles. The van der Waals surface area contributed by atoms with Crippen molar-refractivity contribution in [2.24, 2.45) is 4.99 Å². The van der Waals surface area contributed by atoms with E-state index < -0.39 is 36.7 Å². The number of carbonyl (C=O) groups excluding carboxylic acids is 3. The number of carbonyl (C=O) groups is 3. The van der Waals surface area contributed by atoms with E-state index in [0.717, 1.165) is 16.2 Å². The second-order valence-electron chi connectivity index (χ2n) is 6.85. The number of allylic oxidation sites excluding steroid dienone is 2. The van der Waals surface area contributed by atoms with E-state index in [9.17, 15) is 14.4 Å². The van der Waals surface area contributed by atoms with Crippen LogP contribution in [0.3, 0.4) is 0 Å². The minimum Gasteiger partial charge on any atom is -0.459 e. The Kier molecular flexibility index (Phi) is 4.29. The summed E-state index contributed by atoms with van der Waals surface area (Å²) in [5.74, 6) is -0.503. The molecule has 0 aliphatic carbocycles. The van der Waals surface area contributed by atoms with E-state index in [1.165, 1.54) is 4.90 Å². The molecular weight excluding hydrogens is 364 g/mol. The minimum atomic E-state index is -0.753. The summed E-state index contributed by atoms with van der Waals surface area (Å²) in [5, 5.41) is 0. The molecule has 4 rings (SSSR count). The molecule has 9 nitrogen and oxygen atoms in total. The molecule has 2 atom stereocenters. The Morgan fingerprint density at radius 3 is 2.64 bits per heavy atom. The number of urea groups is 1. The van der Waals surface area contributed by atoms with Crippen LogP contribution in [-0.4, -0.2) is 64.4 Å². The molecule has 3 aliphatic rings. The lowest BCUT2D eigenvalue weighted by Gasteiger charge is -2.40. The fraction of sp³-hybridized carbons (Fsp3) is 0.368. The van der Waals surface area contributed by atoms with Crippen LogP contribution < -0.4 is 0 Å². The van der Waals surface area contributed by atoms with Gasteiger partial charge in [0.2, 0.25) is 0 Å². The summed E-state index contributed by atoms with van der Waals surface area (Å²) < 4.78 is 10.8. The third-order valence-corrected chi connectivity index (χ3v) is 5.10. The number of benzene rings is 1. The third-order valence-electron chi connectivity index (χ3n) is 5.10. The van der Waals surface area contributed by atoms with Gasteiger partial charge >= 0.3 is 12.0 Å². The predicted molar refractivity (Wildman–Crippen MR) is 97.4 cm³/mol. The number of hydrogen-bond acceptors (Lipinski definition) is 7. The van der Waals surface area contributed by atoms with Gasteiger partial charge in [0.25, 0.3) is 11.9 Å². The molecular formula is C19H20N4O5. The number of nitrogens with zero attached hydrogens (tertiary/aromatic N) is 4. The summed E-state index contributed by atoms with van der Waals surface area (Å²) >= 11 is 0. The lowest BCUT2D eigenvalue weighted by atomic mass is 10.1. The van der Waals surface area contributed by atoms with Gasteiger partial charge in [0, 0.05) is 7.05 Å². The molecule has 1 fully saturated rings. The Labute approximate surface area is 161 Å². The van der Waals surface area contributed by atoms with Gasteiger partial charge in [-0.2, -0.15) is 0 Å². The molecule has 28 heavy (non-hydrogen) atoms. The smallest absolute Gasteiger partial charge is 0.328 e. The van der Waals surface area contributed by atoms with Crippen molar-refractivity contribution in [1.29, 1.82) is 0 Å². The first kappa shape index (κ1) is 18.0. The minimum absolute atomic E-state index is 0.0754. The fourth-order valence-electron chi connectivity index (χ4n) is 3.46. The molecule has 9 heteroatoms. The van der Waals surface area contributed by atoms with Crippen LogP contribution in [0.4, 0.5) is 4.79 Å². The third kappa shape index (κ3) is 2.79. The van der Waals surface area contributed by atoms with Gasteiger partial charge in [0.1, 0.15) is 18.9 Å². The molecule has 0 N–H and O–H groups in total. The number of esters is 1. The molecule has 3 aliphatic heterocycles. The molecule has 1 aromatic rings. The van der Waals surface area contributed by atoms with Crippen molar-refractivity contribution in [2.75, 3.05) is 13.6 Å². The highest BCUT2D eigenvalue weighted by Crippen LogP contribution is 2.35. The number of likely N-dealkylation sites (N-methyl/N-ethyl adjacent to an activating group) is 1. The average molecular weight is 384 g/mol. The first-order valence-corrected chi connectivity index (χ1v) is 8.88. The topological polar surface area (TPSA) is 91.8 Å². The lowest BCUT2D eigenvalue weighted by Crippen LogP contribution is -2.65. The number of fused-ring (bicyclic) bond motifs is 3. The standard InChI is InChI=1S/C19H20N4O5/c1-11-12(2)28-18-20-16-15(23(11)18)17(25)22(19(26)21(16)3)9-14(24)27-10-13-7-5-4-6-8-13/h4-8,15-16H,9-10H2,1-3H3. The molecule has 1 aromatic carbocycles. The van der Waals surface area contributed by atoms with E-state index in [-0.39, 0.29) is 6.61 Å². The highest BCUT2D eigenvalue weighted by molar-refractivity contribution is 6.05. The molecule has 146 valence electrons. The van der Waals surface area contributed by atoms with Gasteiger partial charge in [-0.05, 0) is 19.4 Å². The van der Waals surface area contributed by atoms with Crippen molar-refractivity contribution >= 4 is 23.9 Å². The van der Waals surface area contributed by atoms with Crippen LogP contribution in [0.25, 0.3) is 0 Å². The van der Waals surface area contributed by atoms with Crippen molar-refractivity contribution < 1.29 is 23.9 Å². The molecule has 3 amide bonds. The van der Waals surface area contributed by atoms with Crippen molar-refractivity contribution in [2.45, 2.75) is 32.7 Å². The van der Waals surface area contributed by atoms with Crippen LogP contribution in [0.5, 0.6) is 0 Å². The van der Waals surface area contributed by atoms with Gasteiger partial charge in [-0.15, -0.1) is 0 Å². The van der Waals surface area contributed by atoms with Gasteiger partial charge in [0.15, 0.2) is 12.2 Å². The van der Waals surface area contributed by atoms with Crippen molar-refractivity contribution in [3.05, 3.63) is 47.4 Å². The molecule has 1 saturated heterocycles. The quantitative estimate of drug-likeness (QED) is 0.726. The number of amides is 3. The Morgan fingerprint density at radius 1 is 1.21 bits per heavy atom. The Morgan fingerprint density at radius 2 is 1.93 bits per heavy atom. The van der Waals surface area contributed by atoms with Gasteiger partial charge in [-0.25, -0.2) is 9.79 Å². The van der Waals surface area contributed by atoms with Gasteiger partial charge in [-0.1, -0.05) is 30.3 Å². The predicted octanol–water partition coefficient (Wildman–Crippen LogP) is 1.27. The molecule has 2 unspecified atom stereocenters. The Hall–Kier alpha value is -3.36. The summed E-state index contributed by atoms with van der Waals surface area (Å²) in [6.45, 7) is 3.23. The van der Waals surface area contributed by atoms with Crippen LogP contribution in [0.1, 0.15) is 19.4 Å². The Bertz CT molecular complexity index is 910. The van der Waals surface area contributed by atoms with Crippen molar-refractivity contribution in [3.63, 3.8) is 0 Å². The lowest BCUT2D eigenvalue weighted by molar-refractivity contribution is -0.151. The van der Waals surface area contributed by atoms with E-state index in [0.29, 0.717) is 11.8 Å². The van der Waals surface area contributed by atoms with E-state index in [1.807, 2.05) is 37.3 Å². The summed E-state index contributed by atoms with van der Waals surface area (Å²) in [4.78, 5) is 46.2. The normalized spacial score (nSPS) is 23.5. The summed E-state index contributed by atoms with van der Waals surface area (Å²) in [6.07, 6.45) is -0.686. The number of hydrogen-bond donors (Lipinski definition) is 0. The van der Waals surface area contributed by atoms with Crippen molar-refractivity contribution in [1.82, 2.24) is 14.7 Å². The maximum Gasteiger partial charge on any atom is 0.328 e. The second-order valence-corrected chi connectivity index (χ2v) is 6.85. The molecule has 0 spiro atoms. The zero-order valence-electron chi connectivity index (χ0n) is 15.8. The zero-order valence-corrected chi connectivity index (χ0v) is 15.8. The van der Waals surface area contributed by atoms with Crippen LogP contribution >= 0.6 is 0 Å². The maximum absolute atomic E-state index is 13.0. The SMILES string of the molecule is CC1=C(C)N2C(=NC3C2C(=O)N(CC(=O)OCc2ccccc2)C(=O)N3C)O1. The zero-order chi connectivity index (χ0) is 20.0. The van der Waals surface area contributed by atoms with Crippen molar-refractivity contribution in [3.8, 4) is 0 Å². The van der Waals surface area contributed by atoms with E-state index in [1.54, 1.807) is 18.9 Å². The number of aliphatic imine (C=N–C) groups is 1. The summed E-state index contributed by atoms with van der Waals surface area (Å²) in [5.41, 5.74) is 1.58. The fourth-order valence-corrected chi connectivity index (χ4v) is 3.46. The number of rotatable bonds is 4. The molecule has 0 bridgehead atoms. The van der Waals surface area contributed by atoms with E-state index in [2.05, 4.69) is 4.99 Å².